The summed E-state index contributed by atoms with van der Waals surface area (Å²) in [5.74, 6) is 0.791. The summed E-state index contributed by atoms with van der Waals surface area (Å²) in [6.45, 7) is 0. The van der Waals surface area contributed by atoms with E-state index in [0.29, 0.717) is 22.6 Å². The Morgan fingerprint density at radius 2 is 1.77 bits per heavy atom. The maximum Gasteiger partial charge on any atom is 0.271 e. The SMILES string of the molecule is COc1cc(NS(=O)(=O)c2cc(-c3nc(-c4cccc(F)c4)no3)cs2)cc(OC)c1. The van der Waals surface area contributed by atoms with Crippen molar-refractivity contribution in [2.45, 2.75) is 4.21 Å². The molecule has 4 rings (SSSR count). The number of halogens is 1. The summed E-state index contributed by atoms with van der Waals surface area (Å²) in [6.07, 6.45) is 0. The minimum atomic E-state index is -3.88. The van der Waals surface area contributed by atoms with E-state index in [1.807, 2.05) is 0 Å². The second-order valence-electron chi connectivity index (χ2n) is 6.29. The van der Waals surface area contributed by atoms with E-state index >= 15 is 0 Å². The Kier molecular flexibility index (Phi) is 5.61. The van der Waals surface area contributed by atoms with Crippen LogP contribution in [-0.4, -0.2) is 32.8 Å². The first-order valence-corrected chi connectivity index (χ1v) is 11.2. The number of benzene rings is 2. The normalized spacial score (nSPS) is 11.3. The molecule has 4 aromatic rings. The molecule has 0 atom stereocenters. The van der Waals surface area contributed by atoms with Gasteiger partial charge in [0.1, 0.15) is 21.5 Å². The van der Waals surface area contributed by atoms with Gasteiger partial charge in [-0.1, -0.05) is 17.3 Å². The van der Waals surface area contributed by atoms with E-state index in [0.717, 1.165) is 11.3 Å². The van der Waals surface area contributed by atoms with Crippen LogP contribution in [0.5, 0.6) is 11.5 Å². The molecule has 0 bridgehead atoms. The lowest BCUT2D eigenvalue weighted by Crippen LogP contribution is -2.11. The molecule has 0 unspecified atom stereocenters. The third-order valence-electron chi connectivity index (χ3n) is 4.20. The van der Waals surface area contributed by atoms with Gasteiger partial charge >= 0.3 is 0 Å². The quantitative estimate of drug-likeness (QED) is 0.434. The standard InChI is InChI=1S/C20H16FN3O5S2/c1-27-16-8-15(9-17(10-16)28-2)24-31(25,26)18-7-13(11-30-18)20-22-19(23-29-20)12-4-3-5-14(21)6-12/h3-11,24H,1-2H3. The molecule has 1 N–H and O–H groups in total. The Labute approximate surface area is 181 Å². The third-order valence-corrected chi connectivity index (χ3v) is 7.02. The number of nitrogens with zero attached hydrogens (tertiary/aromatic N) is 2. The summed E-state index contributed by atoms with van der Waals surface area (Å²) in [7, 11) is -0.937. The number of methoxy groups -OCH3 is 2. The van der Waals surface area contributed by atoms with Crippen molar-refractivity contribution in [2.24, 2.45) is 0 Å². The van der Waals surface area contributed by atoms with Crippen LogP contribution in [0, 0.1) is 5.82 Å². The molecular weight excluding hydrogens is 445 g/mol. The van der Waals surface area contributed by atoms with Crippen molar-refractivity contribution in [1.29, 1.82) is 0 Å². The molecule has 0 amide bonds. The second kappa shape index (κ2) is 8.36. The highest BCUT2D eigenvalue weighted by Gasteiger charge is 2.21. The number of sulfonamides is 1. The number of thiophene rings is 1. The van der Waals surface area contributed by atoms with Crippen molar-refractivity contribution < 1.29 is 26.8 Å². The highest BCUT2D eigenvalue weighted by molar-refractivity contribution is 7.94. The van der Waals surface area contributed by atoms with Crippen LogP contribution in [0.2, 0.25) is 0 Å². The fraction of sp³-hybridized carbons (Fsp3) is 0.100. The molecule has 0 aliphatic carbocycles. The average Bonchev–Trinajstić information content (AvgIpc) is 3.43. The predicted molar refractivity (Wildman–Crippen MR) is 113 cm³/mol. The minimum Gasteiger partial charge on any atom is -0.497 e. The van der Waals surface area contributed by atoms with Gasteiger partial charge in [0.05, 0.1) is 25.5 Å². The summed E-state index contributed by atoms with van der Waals surface area (Å²) in [5.41, 5.74) is 1.17. The van der Waals surface area contributed by atoms with E-state index in [4.69, 9.17) is 14.0 Å². The lowest BCUT2D eigenvalue weighted by molar-refractivity contribution is 0.395. The van der Waals surface area contributed by atoms with Crippen LogP contribution in [0.25, 0.3) is 22.8 Å². The molecule has 0 aliphatic rings. The van der Waals surface area contributed by atoms with Gasteiger partial charge in [0.2, 0.25) is 5.82 Å². The number of nitrogens with one attached hydrogen (secondary N) is 1. The number of hydrogen-bond acceptors (Lipinski definition) is 8. The zero-order chi connectivity index (χ0) is 22.0. The molecule has 0 saturated carbocycles. The van der Waals surface area contributed by atoms with Crippen molar-refractivity contribution in [3.63, 3.8) is 0 Å². The number of anilines is 1. The zero-order valence-corrected chi connectivity index (χ0v) is 18.0. The number of ether oxygens (including phenoxy) is 2. The van der Waals surface area contributed by atoms with Crippen LogP contribution in [0.3, 0.4) is 0 Å². The molecule has 2 aromatic heterocycles. The smallest absolute Gasteiger partial charge is 0.271 e. The van der Waals surface area contributed by atoms with Crippen LogP contribution in [-0.2, 0) is 10.0 Å². The van der Waals surface area contributed by atoms with Crippen molar-refractivity contribution >= 4 is 27.0 Å². The summed E-state index contributed by atoms with van der Waals surface area (Å²) in [4.78, 5) is 4.23. The van der Waals surface area contributed by atoms with Gasteiger partial charge in [0, 0.05) is 29.1 Å². The van der Waals surface area contributed by atoms with Crippen LogP contribution in [0.4, 0.5) is 10.1 Å². The first-order valence-electron chi connectivity index (χ1n) is 8.82. The van der Waals surface area contributed by atoms with Crippen molar-refractivity contribution in [3.05, 3.63) is 59.7 Å². The van der Waals surface area contributed by atoms with Crippen molar-refractivity contribution in [3.8, 4) is 34.3 Å². The van der Waals surface area contributed by atoms with Gasteiger partial charge in [0.25, 0.3) is 15.9 Å². The Bertz CT molecular complexity index is 1310. The number of hydrogen-bond donors (Lipinski definition) is 1. The van der Waals surface area contributed by atoms with Gasteiger partial charge < -0.3 is 14.0 Å². The van der Waals surface area contributed by atoms with Gasteiger partial charge in [-0.05, 0) is 18.2 Å². The lowest BCUT2D eigenvalue weighted by Gasteiger charge is -2.10. The molecule has 160 valence electrons. The fourth-order valence-electron chi connectivity index (χ4n) is 2.73. The summed E-state index contributed by atoms with van der Waals surface area (Å²) in [5, 5.41) is 5.43. The molecule has 2 aromatic carbocycles. The lowest BCUT2D eigenvalue weighted by atomic mass is 10.2. The Balaban J connectivity index is 1.59. The largest absolute Gasteiger partial charge is 0.497 e. The maximum absolute atomic E-state index is 13.4. The molecule has 0 radical (unpaired) electrons. The number of aromatic nitrogens is 2. The average molecular weight is 461 g/mol. The van der Waals surface area contributed by atoms with Gasteiger partial charge in [-0.15, -0.1) is 11.3 Å². The van der Waals surface area contributed by atoms with E-state index in [1.165, 1.54) is 50.6 Å². The molecule has 8 nitrogen and oxygen atoms in total. The molecule has 0 saturated heterocycles. The predicted octanol–water partition coefficient (Wildman–Crippen LogP) is 4.42. The maximum atomic E-state index is 13.4. The zero-order valence-electron chi connectivity index (χ0n) is 16.3. The minimum absolute atomic E-state index is 0.0507. The van der Waals surface area contributed by atoms with Gasteiger partial charge in [0.15, 0.2) is 0 Å². The van der Waals surface area contributed by atoms with E-state index in [2.05, 4.69) is 14.9 Å². The Morgan fingerprint density at radius 1 is 1.03 bits per heavy atom. The van der Waals surface area contributed by atoms with Gasteiger partial charge in [-0.2, -0.15) is 4.98 Å². The van der Waals surface area contributed by atoms with E-state index < -0.39 is 15.8 Å². The summed E-state index contributed by atoms with van der Waals surface area (Å²) >= 11 is 0.997. The van der Waals surface area contributed by atoms with E-state index in [1.54, 1.807) is 17.5 Å². The molecule has 0 fully saturated rings. The molecule has 0 aliphatic heterocycles. The summed E-state index contributed by atoms with van der Waals surface area (Å²) in [6, 6.07) is 11.9. The van der Waals surface area contributed by atoms with Crippen LogP contribution < -0.4 is 14.2 Å². The first kappa shape index (κ1) is 20.8. The van der Waals surface area contributed by atoms with Crippen LogP contribution >= 0.6 is 11.3 Å². The third kappa shape index (κ3) is 4.52. The van der Waals surface area contributed by atoms with Gasteiger partial charge in [-0.3, -0.25) is 4.72 Å². The Hall–Kier alpha value is -3.44. The topological polar surface area (TPSA) is 104 Å². The van der Waals surface area contributed by atoms with Gasteiger partial charge in [-0.25, -0.2) is 12.8 Å². The van der Waals surface area contributed by atoms with E-state index in [-0.39, 0.29) is 21.6 Å². The summed E-state index contributed by atoms with van der Waals surface area (Å²) < 4.78 is 57.2. The van der Waals surface area contributed by atoms with Crippen LogP contribution in [0.15, 0.2) is 62.6 Å². The Morgan fingerprint density at radius 3 is 2.45 bits per heavy atom. The highest BCUT2D eigenvalue weighted by atomic mass is 32.2. The molecule has 31 heavy (non-hydrogen) atoms. The molecule has 11 heteroatoms. The second-order valence-corrected chi connectivity index (χ2v) is 9.12. The van der Waals surface area contributed by atoms with Crippen molar-refractivity contribution in [2.75, 3.05) is 18.9 Å². The highest BCUT2D eigenvalue weighted by Crippen LogP contribution is 2.32. The van der Waals surface area contributed by atoms with Crippen molar-refractivity contribution in [1.82, 2.24) is 10.1 Å². The first-order chi connectivity index (χ1) is 14.9. The monoisotopic (exact) mass is 461 g/mol. The van der Waals surface area contributed by atoms with Crippen LogP contribution in [0.1, 0.15) is 0 Å². The molecular formula is C20H16FN3O5S2. The molecule has 2 heterocycles. The fourth-order valence-corrected chi connectivity index (χ4v) is 4.92. The van der Waals surface area contributed by atoms with E-state index in [9.17, 15) is 12.8 Å². The number of rotatable bonds is 7. The molecule has 0 spiro atoms.